The zero-order chi connectivity index (χ0) is 32.8. The van der Waals surface area contributed by atoms with Gasteiger partial charge in [0.2, 0.25) is 0 Å². The van der Waals surface area contributed by atoms with Crippen LogP contribution in [0.2, 0.25) is 0 Å². The van der Waals surface area contributed by atoms with Gasteiger partial charge in [0.05, 0.1) is 12.2 Å². The maximum absolute atomic E-state index is 14.2. The first-order valence-corrected chi connectivity index (χ1v) is 18.2. The molecule has 7 nitrogen and oxygen atoms in total. The van der Waals surface area contributed by atoms with E-state index in [0.29, 0.717) is 30.1 Å². The molecule has 7 heteroatoms. The van der Waals surface area contributed by atoms with Gasteiger partial charge in [-0.25, -0.2) is 4.98 Å². The number of hydrogen-bond donors (Lipinski definition) is 0. The van der Waals surface area contributed by atoms with Gasteiger partial charge in [0.15, 0.2) is 17.4 Å². The summed E-state index contributed by atoms with van der Waals surface area (Å²) in [6, 6.07) is 4.45. The van der Waals surface area contributed by atoms with E-state index in [1.54, 1.807) is 6.08 Å². The lowest BCUT2D eigenvalue weighted by Crippen LogP contribution is -2.51. The van der Waals surface area contributed by atoms with E-state index < -0.39 is 0 Å². The average Bonchev–Trinajstić information content (AvgIpc) is 3.33. The van der Waals surface area contributed by atoms with Crippen molar-refractivity contribution < 1.29 is 9.59 Å². The summed E-state index contributed by atoms with van der Waals surface area (Å²) in [5.74, 6) is 4.24. The molecule has 0 amide bonds. The molecule has 1 aromatic heterocycles. The Morgan fingerprint density at radius 1 is 1.00 bits per heavy atom. The molecule has 0 bridgehead atoms. The van der Waals surface area contributed by atoms with E-state index in [-0.39, 0.29) is 22.5 Å². The minimum Gasteiger partial charge on any atom is -0.369 e. The standard InChI is InChI=1S/C39H57N5O2/c1-8-42(9-2)33-14-15-35(40-37(33)43(10-3)11-4)44-22-20-41(21-23-44)26-34(46)36-27(5)24-32-30-13-12-28-25-29(45)16-18-38(28,6)31(30)17-19-39(32,36)7/h14-18,25,27,30,32,36H,8-13,19-24,26H2,1-7H3/t27-,30-,32+,36-,38+,39+/m1/s1. The number of anilines is 3. The highest BCUT2D eigenvalue weighted by Crippen LogP contribution is 2.65. The predicted molar refractivity (Wildman–Crippen MR) is 190 cm³/mol. The van der Waals surface area contributed by atoms with E-state index in [9.17, 15) is 9.59 Å². The van der Waals surface area contributed by atoms with Crippen LogP contribution in [0.5, 0.6) is 0 Å². The van der Waals surface area contributed by atoms with E-state index in [4.69, 9.17) is 4.98 Å². The molecule has 1 aromatic rings. The largest absolute Gasteiger partial charge is 0.369 e. The Morgan fingerprint density at radius 3 is 2.37 bits per heavy atom. The van der Waals surface area contributed by atoms with E-state index in [1.807, 2.05) is 6.08 Å². The van der Waals surface area contributed by atoms with Crippen molar-refractivity contribution in [3.63, 3.8) is 0 Å². The van der Waals surface area contributed by atoms with Crippen LogP contribution < -0.4 is 14.7 Å². The average molecular weight is 628 g/mol. The molecule has 3 fully saturated rings. The van der Waals surface area contributed by atoms with Crippen molar-refractivity contribution in [1.29, 1.82) is 0 Å². The third kappa shape index (κ3) is 5.54. The van der Waals surface area contributed by atoms with E-state index in [0.717, 1.165) is 89.7 Å². The first-order chi connectivity index (χ1) is 22.1. The number of hydrogen-bond acceptors (Lipinski definition) is 7. The molecule has 0 unspecified atom stereocenters. The van der Waals surface area contributed by atoms with Gasteiger partial charge in [-0.1, -0.05) is 37.1 Å². The predicted octanol–water partition coefficient (Wildman–Crippen LogP) is 6.56. The number of rotatable bonds is 10. The summed E-state index contributed by atoms with van der Waals surface area (Å²) in [4.78, 5) is 41.1. The van der Waals surface area contributed by atoms with Crippen molar-refractivity contribution in [1.82, 2.24) is 9.88 Å². The zero-order valence-electron chi connectivity index (χ0n) is 29.5. The quantitative estimate of drug-likeness (QED) is 0.273. The minimum atomic E-state index is -0.129. The van der Waals surface area contributed by atoms with Gasteiger partial charge in [0.1, 0.15) is 5.82 Å². The maximum atomic E-state index is 14.2. The second kappa shape index (κ2) is 12.9. The number of pyridine rings is 1. The number of Topliss-reactive ketones (excluding diaryl/α,β-unsaturated/α-hetero) is 1. The molecule has 6 atom stereocenters. The number of ketones is 2. The van der Waals surface area contributed by atoms with Crippen molar-refractivity contribution in [2.45, 2.75) is 74.1 Å². The molecular weight excluding hydrogens is 570 g/mol. The Kier molecular flexibility index (Phi) is 9.28. The lowest BCUT2D eigenvalue weighted by atomic mass is 9.52. The van der Waals surface area contributed by atoms with Crippen molar-refractivity contribution in [2.24, 2.45) is 34.5 Å². The van der Waals surface area contributed by atoms with Crippen LogP contribution >= 0.6 is 0 Å². The van der Waals surface area contributed by atoms with E-state index >= 15 is 0 Å². The SMILES string of the molecule is CCN(CC)c1ccc(N2CCN(CC(=O)[C@H]3[C@H](C)C[C@H]4[C@@H]5CCC6=CC(=O)C=C[C@]6(C)C5=CC[C@@]43C)CC2)nc1N(CC)CC. The van der Waals surface area contributed by atoms with Gasteiger partial charge < -0.3 is 14.7 Å². The normalized spacial score (nSPS) is 32.3. The first kappa shape index (κ1) is 33.0. The molecule has 4 aliphatic carbocycles. The van der Waals surface area contributed by atoms with Crippen molar-refractivity contribution in [2.75, 3.05) is 73.6 Å². The highest BCUT2D eigenvalue weighted by atomic mass is 16.1. The Bertz CT molecular complexity index is 1420. The summed E-state index contributed by atoms with van der Waals surface area (Å²) in [7, 11) is 0. The molecule has 250 valence electrons. The number of nitrogens with zero attached hydrogens (tertiary/aromatic N) is 5. The summed E-state index contributed by atoms with van der Waals surface area (Å²) in [5.41, 5.74) is 3.89. The van der Waals surface area contributed by atoms with Crippen LogP contribution in [0.15, 0.2) is 47.6 Å². The Morgan fingerprint density at radius 2 is 1.70 bits per heavy atom. The van der Waals surface area contributed by atoms with Crippen LogP contribution in [-0.4, -0.2) is 80.4 Å². The van der Waals surface area contributed by atoms with Gasteiger partial charge in [-0.15, -0.1) is 0 Å². The van der Waals surface area contributed by atoms with Gasteiger partial charge in [-0.2, -0.15) is 0 Å². The lowest BCUT2D eigenvalue weighted by Gasteiger charge is -2.52. The minimum absolute atomic E-state index is 0.00955. The second-order valence-corrected chi connectivity index (χ2v) is 15.0. The van der Waals surface area contributed by atoms with Gasteiger partial charge in [-0.3, -0.25) is 14.5 Å². The second-order valence-electron chi connectivity index (χ2n) is 15.0. The fraction of sp³-hybridized carbons (Fsp3) is 0.667. The molecule has 2 saturated carbocycles. The number of allylic oxidation sites excluding steroid dienone is 6. The molecule has 2 heterocycles. The number of aromatic nitrogens is 1. The fourth-order valence-corrected chi connectivity index (χ4v) is 10.2. The Hall–Kier alpha value is -2.93. The fourth-order valence-electron chi connectivity index (χ4n) is 10.2. The third-order valence-electron chi connectivity index (χ3n) is 12.7. The number of carbonyl (C=O) groups excluding carboxylic acids is 2. The Labute approximate surface area is 277 Å². The van der Waals surface area contributed by atoms with E-state index in [1.165, 1.54) is 16.8 Å². The number of carbonyl (C=O) groups is 2. The first-order valence-electron chi connectivity index (χ1n) is 18.2. The highest BCUT2D eigenvalue weighted by Gasteiger charge is 2.59. The highest BCUT2D eigenvalue weighted by molar-refractivity contribution is 6.01. The molecule has 5 aliphatic rings. The molecular formula is C39H57N5O2. The van der Waals surface area contributed by atoms with Crippen molar-refractivity contribution in [3.8, 4) is 0 Å². The monoisotopic (exact) mass is 627 g/mol. The smallest absolute Gasteiger partial charge is 0.178 e. The Balaban J connectivity index is 1.13. The molecule has 0 spiro atoms. The lowest BCUT2D eigenvalue weighted by molar-refractivity contribution is -0.129. The molecule has 0 aromatic carbocycles. The van der Waals surface area contributed by atoms with Crippen molar-refractivity contribution in [3.05, 3.63) is 47.6 Å². The zero-order valence-corrected chi connectivity index (χ0v) is 29.5. The summed E-state index contributed by atoms with van der Waals surface area (Å²) in [6.07, 6.45) is 12.5. The summed E-state index contributed by atoms with van der Waals surface area (Å²) in [6.45, 7) is 23.8. The van der Waals surface area contributed by atoms with Gasteiger partial charge in [0, 0.05) is 63.7 Å². The van der Waals surface area contributed by atoms with Crippen molar-refractivity contribution >= 4 is 28.9 Å². The summed E-state index contributed by atoms with van der Waals surface area (Å²) >= 11 is 0. The maximum Gasteiger partial charge on any atom is 0.178 e. The molecule has 0 N–H and O–H groups in total. The van der Waals surface area contributed by atoms with Crippen LogP contribution in [0.4, 0.5) is 17.3 Å². The van der Waals surface area contributed by atoms with Crippen LogP contribution in [-0.2, 0) is 9.59 Å². The van der Waals surface area contributed by atoms with Gasteiger partial charge >= 0.3 is 0 Å². The summed E-state index contributed by atoms with van der Waals surface area (Å²) < 4.78 is 0. The van der Waals surface area contributed by atoms with Crippen LogP contribution in [0.25, 0.3) is 0 Å². The third-order valence-corrected chi connectivity index (χ3v) is 12.7. The summed E-state index contributed by atoms with van der Waals surface area (Å²) in [5, 5.41) is 0. The number of piperazine rings is 1. The molecule has 6 rings (SSSR count). The topological polar surface area (TPSA) is 60.0 Å². The van der Waals surface area contributed by atoms with Crippen LogP contribution in [0.3, 0.4) is 0 Å². The molecule has 0 radical (unpaired) electrons. The van der Waals surface area contributed by atoms with Crippen LogP contribution in [0.1, 0.15) is 74.1 Å². The van der Waals surface area contributed by atoms with Crippen LogP contribution in [0, 0.1) is 34.5 Å². The van der Waals surface area contributed by atoms with E-state index in [2.05, 4.69) is 92.4 Å². The molecule has 46 heavy (non-hydrogen) atoms. The van der Waals surface area contributed by atoms with Gasteiger partial charge in [-0.05, 0) is 108 Å². The molecule has 1 aliphatic heterocycles. The number of fused-ring (bicyclic) bond motifs is 5. The molecule has 1 saturated heterocycles. The van der Waals surface area contributed by atoms with Gasteiger partial charge in [0.25, 0.3) is 0 Å².